The normalized spacial score (nSPS) is 17.1. The van der Waals surface area contributed by atoms with Gasteiger partial charge in [0.15, 0.2) is 0 Å². The lowest BCUT2D eigenvalue weighted by molar-refractivity contribution is -0.222. The van der Waals surface area contributed by atoms with Crippen LogP contribution in [-0.2, 0) is 22.8 Å². The first-order valence-electron chi connectivity index (χ1n) is 3.97. The molecule has 0 saturated heterocycles. The molecule has 0 aliphatic heterocycles. The standard InChI is InChI=1S/C4H16N4O5P2S/c1-4(2,3)16-12-11-8-15(7,10)13-14(5,6)9/h1-3H3,(H4,5,6,9)(H3,7,8,10). The lowest BCUT2D eigenvalue weighted by Crippen LogP contribution is -2.21. The molecule has 0 amide bonds. The van der Waals surface area contributed by atoms with Crippen molar-refractivity contribution >= 4 is 27.4 Å². The number of nitrogens with one attached hydrogen (secondary N) is 1. The zero-order valence-corrected chi connectivity index (χ0v) is 11.7. The molecule has 0 rings (SSSR count). The number of rotatable bonds is 6. The van der Waals surface area contributed by atoms with Crippen LogP contribution in [0, 0.1) is 0 Å². The van der Waals surface area contributed by atoms with Gasteiger partial charge in [0.25, 0.3) is 0 Å². The van der Waals surface area contributed by atoms with Gasteiger partial charge in [-0.15, -0.1) is 9.32 Å². The van der Waals surface area contributed by atoms with E-state index in [1.54, 1.807) is 5.25 Å². The summed E-state index contributed by atoms with van der Waals surface area (Å²) in [5.74, 6) is 0. The Labute approximate surface area is 97.9 Å². The highest BCUT2D eigenvalue weighted by molar-refractivity contribution is 7.95. The summed E-state index contributed by atoms with van der Waals surface area (Å²) in [5, 5.41) is 1.72. The van der Waals surface area contributed by atoms with Gasteiger partial charge in [0, 0.05) is 16.8 Å². The first-order chi connectivity index (χ1) is 6.91. The fourth-order valence-electron chi connectivity index (χ4n) is 0.392. The van der Waals surface area contributed by atoms with Crippen molar-refractivity contribution in [2.24, 2.45) is 16.5 Å². The molecule has 1 unspecified atom stereocenters. The third-order valence-electron chi connectivity index (χ3n) is 0.731. The molecule has 16 heavy (non-hydrogen) atoms. The van der Waals surface area contributed by atoms with Gasteiger partial charge in [-0.05, 0) is 20.8 Å². The maximum atomic E-state index is 11.3. The Kier molecular flexibility index (Phi) is 6.12. The van der Waals surface area contributed by atoms with E-state index in [0.717, 1.165) is 12.0 Å². The zero-order valence-electron chi connectivity index (χ0n) is 9.08. The molecule has 0 radical (unpaired) electrons. The molecule has 0 aromatic heterocycles. The fourth-order valence-corrected chi connectivity index (χ4v) is 2.51. The molecule has 0 aromatic rings. The molecular weight excluding hydrogens is 278 g/mol. The molecule has 0 heterocycles. The Morgan fingerprint density at radius 3 is 2.06 bits per heavy atom. The Morgan fingerprint density at radius 1 is 1.19 bits per heavy atom. The minimum atomic E-state index is -4.02. The lowest BCUT2D eigenvalue weighted by Gasteiger charge is -2.17. The van der Waals surface area contributed by atoms with Crippen LogP contribution in [0.15, 0.2) is 0 Å². The number of hydrogen-bond acceptors (Lipinski definition) is 6. The molecule has 1 atom stereocenters. The van der Waals surface area contributed by atoms with Gasteiger partial charge in [0.1, 0.15) is 0 Å². The summed E-state index contributed by atoms with van der Waals surface area (Å²) in [6, 6.07) is 0. The highest BCUT2D eigenvalue weighted by Crippen LogP contribution is 2.47. The molecular formula is C4H16N4O5P2S. The maximum Gasteiger partial charge on any atom is 0.370 e. The largest absolute Gasteiger partial charge is 0.370 e. The van der Waals surface area contributed by atoms with Crippen LogP contribution in [-0.4, -0.2) is 4.75 Å². The number of nitrogens with two attached hydrogens (primary N) is 3. The zero-order chi connectivity index (χ0) is 13.0. The van der Waals surface area contributed by atoms with Crippen LogP contribution in [0.25, 0.3) is 0 Å². The summed E-state index contributed by atoms with van der Waals surface area (Å²) in [7, 11) is -7.98. The van der Waals surface area contributed by atoms with E-state index in [1.165, 1.54) is 0 Å². The summed E-state index contributed by atoms with van der Waals surface area (Å²) in [6.07, 6.45) is 0. The van der Waals surface area contributed by atoms with Crippen molar-refractivity contribution in [1.29, 1.82) is 0 Å². The van der Waals surface area contributed by atoms with Crippen LogP contribution < -0.4 is 21.8 Å². The van der Waals surface area contributed by atoms with Crippen LogP contribution in [0.1, 0.15) is 20.8 Å². The molecule has 9 nitrogen and oxygen atoms in total. The van der Waals surface area contributed by atoms with Gasteiger partial charge in [0.2, 0.25) is 0 Å². The van der Waals surface area contributed by atoms with Crippen LogP contribution in [0.3, 0.4) is 0 Å². The van der Waals surface area contributed by atoms with Crippen molar-refractivity contribution in [1.82, 2.24) is 5.25 Å². The molecule has 98 valence electrons. The second-order valence-electron chi connectivity index (χ2n) is 3.76. The van der Waals surface area contributed by atoms with E-state index in [9.17, 15) is 9.13 Å². The van der Waals surface area contributed by atoms with Gasteiger partial charge < -0.3 is 0 Å². The van der Waals surface area contributed by atoms with E-state index in [4.69, 9.17) is 16.5 Å². The summed E-state index contributed by atoms with van der Waals surface area (Å²) < 4.78 is 30.5. The fraction of sp³-hybridized carbons (Fsp3) is 1.00. The van der Waals surface area contributed by atoms with E-state index in [2.05, 4.69) is 13.6 Å². The Hall–Kier alpha value is 0.530. The van der Waals surface area contributed by atoms with E-state index in [-0.39, 0.29) is 4.75 Å². The molecule has 0 spiro atoms. The quantitative estimate of drug-likeness (QED) is 0.183. The molecule has 0 aliphatic rings. The second kappa shape index (κ2) is 5.92. The van der Waals surface area contributed by atoms with Gasteiger partial charge in [-0.2, -0.15) is 0 Å². The third kappa shape index (κ3) is 11.0. The van der Waals surface area contributed by atoms with E-state index in [1.807, 2.05) is 20.8 Å². The van der Waals surface area contributed by atoms with Gasteiger partial charge in [0.05, 0.1) is 0 Å². The smallest absolute Gasteiger partial charge is 0.256 e. The van der Waals surface area contributed by atoms with Crippen LogP contribution in [0.5, 0.6) is 0 Å². The van der Waals surface area contributed by atoms with Gasteiger partial charge in [-0.25, -0.2) is 20.8 Å². The lowest BCUT2D eigenvalue weighted by atomic mass is 10.3. The molecule has 0 aliphatic carbocycles. The van der Waals surface area contributed by atoms with Crippen LogP contribution in [0.4, 0.5) is 0 Å². The SMILES string of the molecule is CC(C)(C)SOONP(N)(=O)OP(N)(N)=O. The van der Waals surface area contributed by atoms with Gasteiger partial charge in [-0.1, -0.05) is 5.25 Å². The topological polar surface area (TPSA) is 152 Å². The predicted molar refractivity (Wildman–Crippen MR) is 61.5 cm³/mol. The van der Waals surface area contributed by atoms with Crippen molar-refractivity contribution in [3.8, 4) is 0 Å². The summed E-state index contributed by atoms with van der Waals surface area (Å²) in [4.78, 5) is 4.29. The number of hydrogen-bond donors (Lipinski definition) is 4. The van der Waals surface area contributed by atoms with Crippen molar-refractivity contribution in [3.05, 3.63) is 0 Å². The highest BCUT2D eigenvalue weighted by atomic mass is 32.2. The second-order valence-corrected chi connectivity index (χ2v) is 8.61. The van der Waals surface area contributed by atoms with Gasteiger partial charge >= 0.3 is 15.3 Å². The predicted octanol–water partition coefficient (Wildman–Crippen LogP) is 0.995. The highest BCUT2D eigenvalue weighted by Gasteiger charge is 2.27. The van der Waals surface area contributed by atoms with Crippen LogP contribution in [0.2, 0.25) is 0 Å². The molecule has 0 aromatic carbocycles. The molecule has 0 bridgehead atoms. The molecule has 12 heteroatoms. The maximum absolute atomic E-state index is 11.3. The molecule has 0 fully saturated rings. The Morgan fingerprint density at radius 2 is 1.69 bits per heavy atom. The first-order valence-corrected chi connectivity index (χ1v) is 8.17. The van der Waals surface area contributed by atoms with E-state index < -0.39 is 15.3 Å². The van der Waals surface area contributed by atoms with Crippen molar-refractivity contribution in [2.75, 3.05) is 0 Å². The molecule has 7 N–H and O–H groups in total. The minimum Gasteiger partial charge on any atom is -0.256 e. The van der Waals surface area contributed by atoms with E-state index in [0.29, 0.717) is 0 Å². The average Bonchev–Trinajstić information content (AvgIpc) is 1.91. The van der Waals surface area contributed by atoms with Crippen molar-refractivity contribution < 1.29 is 22.8 Å². The van der Waals surface area contributed by atoms with Crippen molar-refractivity contribution in [3.63, 3.8) is 0 Å². The Bertz CT molecular complexity index is 314. The summed E-state index contributed by atoms with van der Waals surface area (Å²) in [6.45, 7) is 5.56. The first kappa shape index (κ1) is 16.5. The Balaban J connectivity index is 3.93. The van der Waals surface area contributed by atoms with Crippen molar-refractivity contribution in [2.45, 2.75) is 25.5 Å². The van der Waals surface area contributed by atoms with E-state index >= 15 is 0 Å². The average molecular weight is 294 g/mol. The third-order valence-corrected chi connectivity index (χ3v) is 3.69. The minimum absolute atomic E-state index is 0.238. The summed E-state index contributed by atoms with van der Waals surface area (Å²) >= 11 is 0.944. The summed E-state index contributed by atoms with van der Waals surface area (Å²) in [5.41, 5.74) is 14.7. The van der Waals surface area contributed by atoms with Gasteiger partial charge in [-0.3, -0.25) is 9.13 Å². The monoisotopic (exact) mass is 294 g/mol. The van der Waals surface area contributed by atoms with Crippen LogP contribution >= 0.6 is 27.4 Å². The molecule has 0 saturated carbocycles.